The zero-order valence-corrected chi connectivity index (χ0v) is 13.1. The summed E-state index contributed by atoms with van der Waals surface area (Å²) < 4.78 is 34.5. The SMILES string of the molecule is COc1ccc(/C=C2/C(=O)N(C)c3ccccc32)cc1OC(F)F. The number of fused-ring (bicyclic) bond motifs is 1. The molecule has 0 aromatic heterocycles. The largest absolute Gasteiger partial charge is 0.493 e. The number of hydrogen-bond acceptors (Lipinski definition) is 3. The lowest BCUT2D eigenvalue weighted by molar-refractivity contribution is -0.112. The van der Waals surface area contributed by atoms with Gasteiger partial charge in [0.15, 0.2) is 11.5 Å². The van der Waals surface area contributed by atoms with Gasteiger partial charge in [0.1, 0.15) is 0 Å². The van der Waals surface area contributed by atoms with Crippen LogP contribution in [0.1, 0.15) is 11.1 Å². The number of ether oxygens (including phenoxy) is 2. The Kier molecular flexibility index (Phi) is 4.20. The molecule has 0 spiro atoms. The second kappa shape index (κ2) is 6.31. The molecule has 0 radical (unpaired) electrons. The van der Waals surface area contributed by atoms with Gasteiger partial charge in [-0.1, -0.05) is 24.3 Å². The van der Waals surface area contributed by atoms with Crippen LogP contribution in [0.15, 0.2) is 42.5 Å². The number of anilines is 1. The molecule has 0 N–H and O–H groups in total. The van der Waals surface area contributed by atoms with Crippen LogP contribution in [-0.4, -0.2) is 26.7 Å². The first-order chi connectivity index (χ1) is 11.5. The monoisotopic (exact) mass is 331 g/mol. The Balaban J connectivity index is 2.04. The number of benzene rings is 2. The highest BCUT2D eigenvalue weighted by Gasteiger charge is 2.29. The minimum absolute atomic E-state index is 0.0751. The summed E-state index contributed by atoms with van der Waals surface area (Å²) in [4.78, 5) is 14.0. The number of amides is 1. The van der Waals surface area contributed by atoms with E-state index < -0.39 is 6.61 Å². The standard InChI is InChI=1S/C18H15F2NO3/c1-21-14-6-4-3-5-12(14)13(17(21)22)9-11-7-8-15(23-2)16(10-11)24-18(19)20/h3-10,18H,1-2H3/b13-9+. The van der Waals surface area contributed by atoms with Crippen molar-refractivity contribution in [2.24, 2.45) is 0 Å². The summed E-state index contributed by atoms with van der Waals surface area (Å²) in [5.41, 5.74) is 2.68. The highest BCUT2D eigenvalue weighted by Crippen LogP contribution is 2.37. The summed E-state index contributed by atoms with van der Waals surface area (Å²) in [7, 11) is 3.07. The van der Waals surface area contributed by atoms with E-state index in [0.29, 0.717) is 11.1 Å². The zero-order valence-electron chi connectivity index (χ0n) is 13.1. The van der Waals surface area contributed by atoms with Crippen LogP contribution in [0.4, 0.5) is 14.5 Å². The molecule has 2 aromatic carbocycles. The number of methoxy groups -OCH3 is 1. The van der Waals surface area contributed by atoms with Crippen LogP contribution in [0.2, 0.25) is 0 Å². The minimum atomic E-state index is -2.96. The van der Waals surface area contributed by atoms with Gasteiger partial charge >= 0.3 is 6.61 Å². The van der Waals surface area contributed by atoms with Crippen LogP contribution in [0.25, 0.3) is 11.6 Å². The molecular formula is C18H15F2NO3. The molecule has 3 rings (SSSR count). The van der Waals surface area contributed by atoms with Gasteiger partial charge in [-0.25, -0.2) is 0 Å². The third-order valence-electron chi connectivity index (χ3n) is 3.81. The summed E-state index contributed by atoms with van der Waals surface area (Å²) in [5.74, 6) is -0.0231. The van der Waals surface area contributed by atoms with Crippen molar-refractivity contribution < 1.29 is 23.0 Å². The number of carbonyl (C=O) groups excluding carboxylic acids is 1. The summed E-state index contributed by atoms with van der Waals surface area (Å²) in [6.07, 6.45) is 1.66. The number of carbonyl (C=O) groups is 1. The molecule has 1 amide bonds. The van der Waals surface area contributed by atoms with E-state index in [1.165, 1.54) is 19.2 Å². The summed E-state index contributed by atoms with van der Waals surface area (Å²) >= 11 is 0. The Bertz CT molecular complexity index is 818. The number of alkyl halides is 2. The lowest BCUT2D eigenvalue weighted by Gasteiger charge is -2.10. The highest BCUT2D eigenvalue weighted by atomic mass is 19.3. The van der Waals surface area contributed by atoms with Crippen molar-refractivity contribution in [3.05, 3.63) is 53.6 Å². The number of rotatable bonds is 4. The fourth-order valence-corrected chi connectivity index (χ4v) is 2.68. The van der Waals surface area contributed by atoms with Crippen molar-refractivity contribution >= 4 is 23.2 Å². The summed E-state index contributed by atoms with van der Waals surface area (Å²) in [5, 5.41) is 0. The Labute approximate surface area is 137 Å². The zero-order chi connectivity index (χ0) is 17.3. The maximum absolute atomic E-state index is 12.5. The molecule has 0 atom stereocenters. The number of halogens is 2. The van der Waals surface area contributed by atoms with Crippen molar-refractivity contribution in [2.75, 3.05) is 19.1 Å². The van der Waals surface area contributed by atoms with Crippen LogP contribution in [0.5, 0.6) is 11.5 Å². The minimum Gasteiger partial charge on any atom is -0.493 e. The van der Waals surface area contributed by atoms with Crippen molar-refractivity contribution in [2.45, 2.75) is 6.61 Å². The van der Waals surface area contributed by atoms with Crippen molar-refractivity contribution in [1.82, 2.24) is 0 Å². The summed E-state index contributed by atoms with van der Waals surface area (Å²) in [6.45, 7) is -2.96. The molecule has 0 saturated carbocycles. The lowest BCUT2D eigenvalue weighted by Crippen LogP contribution is -2.20. The lowest BCUT2D eigenvalue weighted by atomic mass is 10.0. The Morgan fingerprint density at radius 2 is 1.88 bits per heavy atom. The first-order valence-electron chi connectivity index (χ1n) is 7.23. The Hall–Kier alpha value is -2.89. The molecular weight excluding hydrogens is 316 g/mol. The van der Waals surface area contributed by atoms with E-state index in [1.54, 1.807) is 24.1 Å². The predicted molar refractivity (Wildman–Crippen MR) is 87.3 cm³/mol. The molecule has 124 valence electrons. The molecule has 0 unspecified atom stereocenters. The van der Waals surface area contributed by atoms with E-state index in [9.17, 15) is 13.6 Å². The number of likely N-dealkylation sites (N-methyl/N-ethyl adjacent to an activating group) is 1. The van der Waals surface area contributed by atoms with Crippen LogP contribution in [-0.2, 0) is 4.79 Å². The number of para-hydroxylation sites is 1. The van der Waals surface area contributed by atoms with Gasteiger partial charge in [-0.2, -0.15) is 8.78 Å². The smallest absolute Gasteiger partial charge is 0.387 e. The average Bonchev–Trinajstić information content (AvgIpc) is 2.80. The third kappa shape index (κ3) is 2.82. The van der Waals surface area contributed by atoms with Crippen molar-refractivity contribution in [3.8, 4) is 11.5 Å². The van der Waals surface area contributed by atoms with Crippen molar-refractivity contribution in [1.29, 1.82) is 0 Å². The van der Waals surface area contributed by atoms with E-state index in [0.717, 1.165) is 11.3 Å². The highest BCUT2D eigenvalue weighted by molar-refractivity contribution is 6.35. The fraction of sp³-hybridized carbons (Fsp3) is 0.167. The van der Waals surface area contributed by atoms with Gasteiger partial charge in [0.05, 0.1) is 12.8 Å². The van der Waals surface area contributed by atoms with Gasteiger partial charge in [-0.3, -0.25) is 4.79 Å². The quantitative estimate of drug-likeness (QED) is 0.800. The van der Waals surface area contributed by atoms with Crippen LogP contribution in [0, 0.1) is 0 Å². The molecule has 0 fully saturated rings. The van der Waals surface area contributed by atoms with Gasteiger partial charge < -0.3 is 14.4 Å². The first kappa shape index (κ1) is 16.0. The molecule has 2 aromatic rings. The van der Waals surface area contributed by atoms with Gasteiger partial charge in [0.2, 0.25) is 0 Å². The molecule has 24 heavy (non-hydrogen) atoms. The fourth-order valence-electron chi connectivity index (χ4n) is 2.68. The van der Waals surface area contributed by atoms with Gasteiger partial charge in [0.25, 0.3) is 5.91 Å². The van der Waals surface area contributed by atoms with E-state index in [1.807, 2.05) is 24.3 Å². The van der Waals surface area contributed by atoms with E-state index in [4.69, 9.17) is 4.74 Å². The van der Waals surface area contributed by atoms with Crippen LogP contribution < -0.4 is 14.4 Å². The number of nitrogens with zero attached hydrogens (tertiary/aromatic N) is 1. The van der Waals surface area contributed by atoms with Crippen LogP contribution >= 0.6 is 0 Å². The molecule has 1 aliphatic rings. The van der Waals surface area contributed by atoms with Gasteiger partial charge in [-0.15, -0.1) is 0 Å². The maximum Gasteiger partial charge on any atom is 0.387 e. The van der Waals surface area contributed by atoms with Gasteiger partial charge in [0, 0.05) is 18.2 Å². The molecule has 1 heterocycles. The molecule has 6 heteroatoms. The summed E-state index contributed by atoms with van der Waals surface area (Å²) in [6, 6.07) is 12.0. The molecule has 4 nitrogen and oxygen atoms in total. The Morgan fingerprint density at radius 3 is 2.58 bits per heavy atom. The second-order valence-corrected chi connectivity index (χ2v) is 5.23. The Morgan fingerprint density at radius 1 is 1.12 bits per heavy atom. The first-order valence-corrected chi connectivity index (χ1v) is 7.23. The third-order valence-corrected chi connectivity index (χ3v) is 3.81. The topological polar surface area (TPSA) is 38.8 Å². The molecule has 1 aliphatic heterocycles. The molecule has 0 bridgehead atoms. The van der Waals surface area contributed by atoms with Gasteiger partial charge in [-0.05, 0) is 29.8 Å². The van der Waals surface area contributed by atoms with E-state index in [2.05, 4.69) is 4.74 Å². The maximum atomic E-state index is 12.5. The predicted octanol–water partition coefficient (Wildman–Crippen LogP) is 3.81. The molecule has 0 saturated heterocycles. The number of hydrogen-bond donors (Lipinski definition) is 0. The normalized spacial score (nSPS) is 15.1. The van der Waals surface area contributed by atoms with Crippen LogP contribution in [0.3, 0.4) is 0 Å². The molecule has 0 aliphatic carbocycles. The van der Waals surface area contributed by atoms with E-state index >= 15 is 0 Å². The van der Waals surface area contributed by atoms with E-state index in [-0.39, 0.29) is 17.4 Å². The average molecular weight is 331 g/mol. The second-order valence-electron chi connectivity index (χ2n) is 5.23. The van der Waals surface area contributed by atoms with Crippen molar-refractivity contribution in [3.63, 3.8) is 0 Å².